The summed E-state index contributed by atoms with van der Waals surface area (Å²) >= 11 is 3.23. The predicted molar refractivity (Wildman–Crippen MR) is 118 cm³/mol. The number of nitrogens with one attached hydrogen (secondary N) is 2. The minimum Gasteiger partial charge on any atom is -0.338 e. The molecule has 3 heterocycles. The summed E-state index contributed by atoms with van der Waals surface area (Å²) in [6.07, 6.45) is 3.63. The Kier molecular flexibility index (Phi) is 6.53. The smallest absolute Gasteiger partial charge is 0.338 e. The molecule has 4 rings (SSSR count). The molecular formula is C20H24N6O2S2. The van der Waals surface area contributed by atoms with Gasteiger partial charge in [-0.15, -0.1) is 11.3 Å². The Morgan fingerprint density at radius 2 is 2.10 bits per heavy atom. The van der Waals surface area contributed by atoms with Crippen molar-refractivity contribution in [1.29, 1.82) is 0 Å². The predicted octanol–water partition coefficient (Wildman–Crippen LogP) is 3.51. The maximum atomic E-state index is 12.3. The van der Waals surface area contributed by atoms with E-state index in [2.05, 4.69) is 20.7 Å². The van der Waals surface area contributed by atoms with Gasteiger partial charge in [0.05, 0.1) is 0 Å². The van der Waals surface area contributed by atoms with E-state index in [-0.39, 0.29) is 11.7 Å². The van der Waals surface area contributed by atoms with Gasteiger partial charge in [-0.3, -0.25) is 4.57 Å². The fourth-order valence-electron chi connectivity index (χ4n) is 3.29. The second kappa shape index (κ2) is 9.48. The van der Waals surface area contributed by atoms with E-state index in [1.165, 1.54) is 4.68 Å². The highest BCUT2D eigenvalue weighted by molar-refractivity contribution is 8.01. The van der Waals surface area contributed by atoms with E-state index >= 15 is 0 Å². The molecule has 10 heteroatoms. The van der Waals surface area contributed by atoms with Crippen LogP contribution in [0.3, 0.4) is 0 Å². The van der Waals surface area contributed by atoms with Crippen molar-refractivity contribution in [2.45, 2.75) is 54.9 Å². The number of nitrogens with zero attached hydrogens (tertiary/aromatic N) is 4. The molecule has 2 aromatic heterocycles. The molecule has 30 heavy (non-hydrogen) atoms. The lowest BCUT2D eigenvalue weighted by Gasteiger charge is -2.09. The number of aromatic nitrogens is 4. The number of urea groups is 1. The summed E-state index contributed by atoms with van der Waals surface area (Å²) < 4.78 is 4.28. The zero-order chi connectivity index (χ0) is 20.9. The average Bonchev–Trinajstić information content (AvgIpc) is 3.30. The molecule has 1 aliphatic rings. The highest BCUT2D eigenvalue weighted by atomic mass is 32.2. The van der Waals surface area contributed by atoms with E-state index in [0.717, 1.165) is 52.2 Å². The highest BCUT2D eigenvalue weighted by Crippen LogP contribution is 2.30. The summed E-state index contributed by atoms with van der Waals surface area (Å²) in [4.78, 5) is 29.9. The lowest BCUT2D eigenvalue weighted by molar-refractivity contribution is 0.251. The van der Waals surface area contributed by atoms with E-state index in [0.29, 0.717) is 19.5 Å². The molecule has 1 aromatic carbocycles. The van der Waals surface area contributed by atoms with Crippen LogP contribution in [0.5, 0.6) is 0 Å². The Hall–Kier alpha value is -2.59. The van der Waals surface area contributed by atoms with Gasteiger partial charge < -0.3 is 10.6 Å². The molecule has 8 nitrogen and oxygen atoms in total. The molecule has 0 unspecified atom stereocenters. The van der Waals surface area contributed by atoms with E-state index < -0.39 is 0 Å². The van der Waals surface area contributed by atoms with Crippen molar-refractivity contribution in [2.24, 2.45) is 0 Å². The Bertz CT molecular complexity index is 1070. The minimum absolute atomic E-state index is 0.0416. The largest absolute Gasteiger partial charge is 0.345 e. The normalized spacial score (nSPS) is 13.1. The second-order valence-electron chi connectivity index (χ2n) is 7.15. The monoisotopic (exact) mass is 444 g/mol. The molecule has 0 saturated heterocycles. The molecule has 158 valence electrons. The van der Waals surface area contributed by atoms with Gasteiger partial charge in [-0.05, 0) is 50.5 Å². The first kappa shape index (κ1) is 20.7. The number of aryl methyl sites for hydroxylation is 3. The topological polar surface area (TPSA) is 93.8 Å². The molecule has 2 amide bonds. The molecule has 0 atom stereocenters. The van der Waals surface area contributed by atoms with Crippen LogP contribution >= 0.6 is 23.1 Å². The first-order chi connectivity index (χ1) is 14.6. The number of fused-ring (bicyclic) bond motifs is 1. The molecule has 0 bridgehead atoms. The quantitative estimate of drug-likeness (QED) is 0.544. The van der Waals surface area contributed by atoms with Gasteiger partial charge in [0.1, 0.15) is 5.82 Å². The average molecular weight is 445 g/mol. The van der Waals surface area contributed by atoms with Gasteiger partial charge in [0.15, 0.2) is 4.34 Å². The van der Waals surface area contributed by atoms with Crippen molar-refractivity contribution in [3.8, 4) is 0 Å². The summed E-state index contributed by atoms with van der Waals surface area (Å²) in [6.45, 7) is 3.71. The van der Waals surface area contributed by atoms with E-state index in [4.69, 9.17) is 0 Å². The van der Waals surface area contributed by atoms with Gasteiger partial charge in [-0.25, -0.2) is 19.3 Å². The Balaban J connectivity index is 1.20. The number of rotatable bonds is 7. The molecule has 2 N–H and O–H groups in total. The van der Waals surface area contributed by atoms with Crippen molar-refractivity contribution in [2.75, 3.05) is 11.9 Å². The lowest BCUT2D eigenvalue weighted by atomic mass is 10.2. The highest BCUT2D eigenvalue weighted by Gasteiger charge is 2.16. The number of thiazole rings is 1. The third-order valence-corrected chi connectivity index (χ3v) is 6.84. The van der Waals surface area contributed by atoms with Crippen LogP contribution in [0.2, 0.25) is 0 Å². The van der Waals surface area contributed by atoms with Gasteiger partial charge >= 0.3 is 11.7 Å². The van der Waals surface area contributed by atoms with Crippen LogP contribution in [-0.4, -0.2) is 31.9 Å². The molecule has 0 spiro atoms. The van der Waals surface area contributed by atoms with E-state index in [9.17, 15) is 9.59 Å². The summed E-state index contributed by atoms with van der Waals surface area (Å²) in [6, 6.07) is 7.41. The van der Waals surface area contributed by atoms with Crippen LogP contribution < -0.4 is 16.3 Å². The maximum Gasteiger partial charge on any atom is 0.345 e. The number of amides is 2. The molecule has 3 aromatic rings. The lowest BCUT2D eigenvalue weighted by Crippen LogP contribution is -2.31. The van der Waals surface area contributed by atoms with Gasteiger partial charge in [-0.1, -0.05) is 11.8 Å². The first-order valence-electron chi connectivity index (χ1n) is 10.00. The van der Waals surface area contributed by atoms with E-state index in [1.807, 2.05) is 36.6 Å². The van der Waals surface area contributed by atoms with Gasteiger partial charge in [0.25, 0.3) is 0 Å². The molecular weight excluding hydrogens is 420 g/mol. The van der Waals surface area contributed by atoms with Crippen LogP contribution in [-0.2, 0) is 19.5 Å². The third kappa shape index (κ3) is 5.11. The van der Waals surface area contributed by atoms with Crippen molar-refractivity contribution in [1.82, 2.24) is 24.6 Å². The van der Waals surface area contributed by atoms with Crippen LogP contribution in [0.4, 0.5) is 10.5 Å². The second-order valence-corrected chi connectivity index (χ2v) is 9.33. The summed E-state index contributed by atoms with van der Waals surface area (Å²) in [5.74, 6) is 0.878. The van der Waals surface area contributed by atoms with E-state index in [1.54, 1.807) is 27.7 Å². The summed E-state index contributed by atoms with van der Waals surface area (Å²) in [7, 11) is 0. The maximum absolute atomic E-state index is 12.3. The molecule has 0 fully saturated rings. The molecule has 0 aliphatic carbocycles. The van der Waals surface area contributed by atoms with Crippen molar-refractivity contribution >= 4 is 34.8 Å². The third-order valence-electron chi connectivity index (χ3n) is 4.78. The van der Waals surface area contributed by atoms with Crippen LogP contribution in [0.25, 0.3) is 0 Å². The minimum atomic E-state index is -0.262. The van der Waals surface area contributed by atoms with Crippen molar-refractivity contribution < 1.29 is 4.79 Å². The number of benzene rings is 1. The fourth-order valence-corrected chi connectivity index (χ4v) is 5.10. The number of hydrogen-bond donors (Lipinski definition) is 2. The number of anilines is 1. The molecule has 0 radical (unpaired) electrons. The Morgan fingerprint density at radius 3 is 2.83 bits per heavy atom. The van der Waals surface area contributed by atoms with Crippen LogP contribution in [0, 0.1) is 6.92 Å². The summed E-state index contributed by atoms with van der Waals surface area (Å²) in [5, 5.41) is 12.1. The first-order valence-corrected chi connectivity index (χ1v) is 11.7. The molecule has 1 aliphatic heterocycles. The zero-order valence-electron chi connectivity index (χ0n) is 16.8. The van der Waals surface area contributed by atoms with Crippen LogP contribution in [0.1, 0.15) is 30.8 Å². The fraction of sp³-hybridized carbons (Fsp3) is 0.400. The molecule has 0 saturated carbocycles. The van der Waals surface area contributed by atoms with Gasteiger partial charge in [-0.2, -0.15) is 5.10 Å². The zero-order valence-corrected chi connectivity index (χ0v) is 18.4. The standard InChI is InChI=1S/C20H24N6O2S2/c1-14-13-29-19(22-14)30-16-8-6-15(7-9-16)23-18(27)21-10-4-12-26-20(28)25-11-3-2-5-17(25)24-26/h6-9,13H,2-5,10-12H2,1H3,(H2,21,23,27). The SMILES string of the molecule is Cc1csc(Sc2ccc(NC(=O)NCCCn3nc4n(c3=O)CCCC4)cc2)n1. The summed E-state index contributed by atoms with van der Waals surface area (Å²) in [5.41, 5.74) is 1.71. The van der Waals surface area contributed by atoms with Crippen LogP contribution in [0.15, 0.2) is 43.7 Å². The van der Waals surface area contributed by atoms with Gasteiger partial charge in [0.2, 0.25) is 0 Å². The van der Waals surface area contributed by atoms with Crippen molar-refractivity contribution in [3.05, 3.63) is 51.6 Å². The number of hydrogen-bond acceptors (Lipinski definition) is 6. The Labute approximate surface area is 182 Å². The number of carbonyl (C=O) groups excluding carboxylic acids is 1. The van der Waals surface area contributed by atoms with Crippen molar-refractivity contribution in [3.63, 3.8) is 0 Å². The number of carbonyl (C=O) groups is 1. The van der Waals surface area contributed by atoms with Gasteiger partial charge in [0, 0.05) is 47.7 Å². The Morgan fingerprint density at radius 1 is 1.27 bits per heavy atom.